The minimum atomic E-state index is -0.0452. The Morgan fingerprint density at radius 1 is 1.22 bits per heavy atom. The van der Waals surface area contributed by atoms with E-state index in [1.54, 1.807) is 7.11 Å². The Labute approximate surface area is 165 Å². The first-order valence-corrected chi connectivity index (χ1v) is 9.70. The highest BCUT2D eigenvalue weighted by Gasteiger charge is 2.23. The Balaban J connectivity index is 1.46. The number of carbonyl (C=O) groups is 1. The molecule has 0 saturated carbocycles. The van der Waals surface area contributed by atoms with Crippen LogP contribution < -0.4 is 19.9 Å². The summed E-state index contributed by atoms with van der Waals surface area (Å²) in [6.07, 6.45) is 0. The smallest absolute Gasteiger partial charge is 0.275 e. The number of methoxy groups -OCH3 is 1. The Kier molecular flexibility index (Phi) is 6.58. The molecule has 3 rings (SSSR count). The van der Waals surface area contributed by atoms with Crippen molar-refractivity contribution in [2.45, 2.75) is 13.0 Å². The number of rotatable bonds is 6. The summed E-state index contributed by atoms with van der Waals surface area (Å²) in [5, 5.41) is 3.77. The molecule has 1 atom stereocenters. The highest BCUT2D eigenvalue weighted by Crippen LogP contribution is 2.19. The van der Waals surface area contributed by atoms with Crippen molar-refractivity contribution >= 4 is 23.2 Å². The van der Waals surface area contributed by atoms with E-state index in [2.05, 4.69) is 22.3 Å². The maximum atomic E-state index is 12.4. The molecular formula is C21H27ClN3O2+. The molecule has 27 heavy (non-hydrogen) atoms. The second-order valence-electron chi connectivity index (χ2n) is 6.96. The van der Waals surface area contributed by atoms with E-state index < -0.39 is 0 Å². The summed E-state index contributed by atoms with van der Waals surface area (Å²) >= 11 is 6.03. The van der Waals surface area contributed by atoms with Crippen LogP contribution in [0.2, 0.25) is 5.02 Å². The fraction of sp³-hybridized carbons (Fsp3) is 0.381. The fourth-order valence-corrected chi connectivity index (χ4v) is 3.63. The van der Waals surface area contributed by atoms with Crippen molar-refractivity contribution in [3.05, 3.63) is 59.1 Å². The molecule has 2 N–H and O–H groups in total. The number of halogens is 1. The number of benzene rings is 2. The molecule has 1 heterocycles. The number of hydrogen-bond acceptors (Lipinski definition) is 3. The van der Waals surface area contributed by atoms with Crippen LogP contribution in [0.15, 0.2) is 48.5 Å². The van der Waals surface area contributed by atoms with E-state index in [0.29, 0.717) is 11.6 Å². The number of amides is 1. The van der Waals surface area contributed by atoms with E-state index in [1.165, 1.54) is 10.6 Å². The number of nitrogens with one attached hydrogen (secondary N) is 2. The number of hydrogen-bond donors (Lipinski definition) is 2. The van der Waals surface area contributed by atoms with Crippen LogP contribution in [0.25, 0.3) is 0 Å². The van der Waals surface area contributed by atoms with E-state index in [0.717, 1.165) is 37.5 Å². The van der Waals surface area contributed by atoms with Crippen molar-refractivity contribution in [3.63, 3.8) is 0 Å². The number of ether oxygens (including phenoxy) is 1. The lowest BCUT2D eigenvalue weighted by atomic mass is 10.1. The maximum Gasteiger partial charge on any atom is 0.275 e. The van der Waals surface area contributed by atoms with Gasteiger partial charge in [0.2, 0.25) is 0 Å². The van der Waals surface area contributed by atoms with Gasteiger partial charge in [-0.3, -0.25) is 4.79 Å². The highest BCUT2D eigenvalue weighted by molar-refractivity contribution is 6.30. The number of anilines is 1. The third-order valence-electron chi connectivity index (χ3n) is 5.04. The average molecular weight is 389 g/mol. The molecule has 0 aromatic heterocycles. The van der Waals surface area contributed by atoms with Gasteiger partial charge in [-0.05, 0) is 48.9 Å². The van der Waals surface area contributed by atoms with Crippen LogP contribution in [0.5, 0.6) is 5.75 Å². The van der Waals surface area contributed by atoms with Crippen LogP contribution >= 0.6 is 11.6 Å². The standard InChI is InChI=1S/C21H26ClN3O2/c1-16(17-4-3-5-18(22)14-17)23-21(26)15-24-10-12-25(13-11-24)19-6-8-20(27-2)9-7-19/h3-9,14,16H,10-13,15H2,1-2H3,(H,23,26)/p+1/t16-/m1/s1. The minimum Gasteiger partial charge on any atom is -0.497 e. The van der Waals surface area contributed by atoms with Gasteiger partial charge in [0.1, 0.15) is 5.75 Å². The Morgan fingerprint density at radius 2 is 1.93 bits per heavy atom. The molecule has 0 aliphatic carbocycles. The first-order valence-electron chi connectivity index (χ1n) is 9.32. The van der Waals surface area contributed by atoms with E-state index in [4.69, 9.17) is 16.3 Å². The summed E-state index contributed by atoms with van der Waals surface area (Å²) in [4.78, 5) is 16.1. The van der Waals surface area contributed by atoms with Gasteiger partial charge in [0.15, 0.2) is 6.54 Å². The van der Waals surface area contributed by atoms with Gasteiger partial charge in [0.05, 0.1) is 39.3 Å². The zero-order valence-electron chi connectivity index (χ0n) is 15.9. The molecule has 1 aliphatic heterocycles. The quantitative estimate of drug-likeness (QED) is 0.795. The molecule has 2 aromatic rings. The van der Waals surface area contributed by atoms with Gasteiger partial charge in [0, 0.05) is 10.7 Å². The van der Waals surface area contributed by atoms with Crippen molar-refractivity contribution in [1.29, 1.82) is 0 Å². The summed E-state index contributed by atoms with van der Waals surface area (Å²) < 4.78 is 5.21. The van der Waals surface area contributed by atoms with Gasteiger partial charge < -0.3 is 19.9 Å². The molecule has 1 amide bonds. The summed E-state index contributed by atoms with van der Waals surface area (Å²) in [6, 6.07) is 15.7. The number of nitrogens with zero attached hydrogens (tertiary/aromatic N) is 1. The van der Waals surface area contributed by atoms with E-state index in [1.807, 2.05) is 43.3 Å². The van der Waals surface area contributed by atoms with Crippen molar-refractivity contribution in [1.82, 2.24) is 5.32 Å². The SMILES string of the molecule is COc1ccc(N2CC[NH+](CC(=O)N[C@H](C)c3cccc(Cl)c3)CC2)cc1. The summed E-state index contributed by atoms with van der Waals surface area (Å²) in [7, 11) is 1.68. The Morgan fingerprint density at radius 3 is 2.56 bits per heavy atom. The van der Waals surface area contributed by atoms with E-state index in [-0.39, 0.29) is 11.9 Å². The largest absolute Gasteiger partial charge is 0.497 e. The zero-order valence-corrected chi connectivity index (χ0v) is 16.6. The van der Waals surface area contributed by atoms with Crippen LogP contribution in [0, 0.1) is 0 Å². The number of carbonyl (C=O) groups excluding carboxylic acids is 1. The molecule has 0 radical (unpaired) electrons. The van der Waals surface area contributed by atoms with Gasteiger partial charge in [-0.1, -0.05) is 23.7 Å². The number of piperazine rings is 1. The maximum absolute atomic E-state index is 12.4. The summed E-state index contributed by atoms with van der Waals surface area (Å²) in [6.45, 7) is 6.27. The first-order chi connectivity index (χ1) is 13.0. The van der Waals surface area contributed by atoms with Crippen molar-refractivity contribution in [2.24, 2.45) is 0 Å². The molecule has 2 aromatic carbocycles. The first kappa shape index (κ1) is 19.5. The average Bonchev–Trinajstić information content (AvgIpc) is 2.68. The van der Waals surface area contributed by atoms with Crippen LogP contribution in [-0.2, 0) is 4.79 Å². The van der Waals surface area contributed by atoms with Gasteiger partial charge >= 0.3 is 0 Å². The van der Waals surface area contributed by atoms with Crippen LogP contribution in [0.1, 0.15) is 18.5 Å². The van der Waals surface area contributed by atoms with Gasteiger partial charge in [0.25, 0.3) is 5.91 Å². The van der Waals surface area contributed by atoms with Gasteiger partial charge in [-0.2, -0.15) is 0 Å². The third-order valence-corrected chi connectivity index (χ3v) is 5.28. The van der Waals surface area contributed by atoms with Crippen molar-refractivity contribution < 1.29 is 14.4 Å². The molecule has 0 unspecified atom stereocenters. The third kappa shape index (κ3) is 5.37. The molecule has 0 spiro atoms. The minimum absolute atomic E-state index is 0.0452. The lowest BCUT2D eigenvalue weighted by Gasteiger charge is -2.33. The zero-order chi connectivity index (χ0) is 19.2. The molecule has 1 aliphatic rings. The molecule has 1 saturated heterocycles. The Hall–Kier alpha value is -2.24. The molecule has 144 valence electrons. The fourth-order valence-electron chi connectivity index (χ4n) is 3.43. The molecular weight excluding hydrogens is 362 g/mol. The van der Waals surface area contributed by atoms with Crippen molar-refractivity contribution in [3.8, 4) is 5.75 Å². The lowest BCUT2D eigenvalue weighted by molar-refractivity contribution is -0.892. The van der Waals surface area contributed by atoms with Crippen LogP contribution in [0.3, 0.4) is 0 Å². The predicted molar refractivity (Wildman–Crippen MR) is 109 cm³/mol. The monoisotopic (exact) mass is 388 g/mol. The second kappa shape index (κ2) is 9.11. The van der Waals surface area contributed by atoms with Crippen LogP contribution in [0.4, 0.5) is 5.69 Å². The van der Waals surface area contributed by atoms with E-state index in [9.17, 15) is 4.79 Å². The summed E-state index contributed by atoms with van der Waals surface area (Å²) in [5.74, 6) is 0.948. The molecule has 0 bridgehead atoms. The molecule has 5 nitrogen and oxygen atoms in total. The highest BCUT2D eigenvalue weighted by atomic mass is 35.5. The Bertz CT molecular complexity index is 758. The van der Waals surface area contributed by atoms with Crippen molar-refractivity contribution in [2.75, 3.05) is 44.7 Å². The second-order valence-corrected chi connectivity index (χ2v) is 7.39. The normalized spacial score (nSPS) is 16.0. The van der Waals surface area contributed by atoms with Gasteiger partial charge in [-0.15, -0.1) is 0 Å². The number of quaternary nitrogens is 1. The summed E-state index contributed by atoms with van der Waals surface area (Å²) in [5.41, 5.74) is 2.23. The molecule has 1 fully saturated rings. The topological polar surface area (TPSA) is 46.0 Å². The lowest BCUT2D eigenvalue weighted by Crippen LogP contribution is -3.15. The van der Waals surface area contributed by atoms with E-state index >= 15 is 0 Å². The molecule has 6 heteroatoms. The van der Waals surface area contributed by atoms with Crippen LogP contribution in [-0.4, -0.2) is 45.7 Å². The van der Waals surface area contributed by atoms with Gasteiger partial charge in [-0.25, -0.2) is 0 Å². The predicted octanol–water partition coefficient (Wildman–Crippen LogP) is 1.93.